The molecule has 0 bridgehead atoms. The van der Waals surface area contributed by atoms with Crippen molar-refractivity contribution >= 4 is 0 Å². The van der Waals surface area contributed by atoms with Crippen LogP contribution < -0.4 is 0 Å². The Morgan fingerprint density at radius 2 is 1.86 bits per heavy atom. The Morgan fingerprint density at radius 3 is 2.67 bits per heavy atom. The predicted molar refractivity (Wildman–Crippen MR) is 88.4 cm³/mol. The van der Waals surface area contributed by atoms with Crippen LogP contribution in [0.1, 0.15) is 90.4 Å². The number of aliphatic hydroxyl groups is 1. The highest BCUT2D eigenvalue weighted by Gasteiger charge is 2.55. The first-order chi connectivity index (χ1) is 10.3. The summed E-state index contributed by atoms with van der Waals surface area (Å²) in [6.07, 6.45) is 18.1. The second-order valence-corrected chi connectivity index (χ2v) is 7.91. The number of unbranched alkanes of at least 4 members (excludes halogenated alkanes) is 3. The summed E-state index contributed by atoms with van der Waals surface area (Å²) < 4.78 is 0. The summed E-state index contributed by atoms with van der Waals surface area (Å²) >= 11 is 0. The van der Waals surface area contributed by atoms with E-state index >= 15 is 0 Å². The van der Waals surface area contributed by atoms with E-state index in [1.807, 2.05) is 0 Å². The van der Waals surface area contributed by atoms with E-state index in [-0.39, 0.29) is 0 Å². The van der Waals surface area contributed by atoms with Crippen LogP contribution in [0.15, 0.2) is 0 Å². The van der Waals surface area contributed by atoms with Gasteiger partial charge in [0, 0.05) is 17.6 Å². The van der Waals surface area contributed by atoms with E-state index < -0.39 is 0 Å². The Balaban J connectivity index is 1.70. The number of nitrogens with zero attached hydrogens (tertiary/aromatic N) is 1. The summed E-state index contributed by atoms with van der Waals surface area (Å²) in [5.74, 6) is 0.940. The van der Waals surface area contributed by atoms with Crippen LogP contribution in [0.5, 0.6) is 0 Å². The normalized spacial score (nSPS) is 40.0. The van der Waals surface area contributed by atoms with E-state index in [9.17, 15) is 5.11 Å². The number of hydrogen-bond donors (Lipinski definition) is 1. The Bertz CT molecular complexity index is 332. The van der Waals surface area contributed by atoms with Gasteiger partial charge < -0.3 is 5.11 Å². The molecule has 1 spiro atoms. The van der Waals surface area contributed by atoms with Gasteiger partial charge in [-0.15, -0.1) is 0 Å². The molecule has 21 heavy (non-hydrogen) atoms. The van der Waals surface area contributed by atoms with Gasteiger partial charge in [-0.1, -0.05) is 45.4 Å². The highest BCUT2D eigenvalue weighted by Crippen LogP contribution is 2.54. The zero-order chi connectivity index (χ0) is 14.7. The van der Waals surface area contributed by atoms with E-state index in [1.165, 1.54) is 83.5 Å². The maximum absolute atomic E-state index is 9.88. The average molecular weight is 293 g/mol. The zero-order valence-corrected chi connectivity index (χ0v) is 14.0. The molecule has 0 aromatic rings. The molecule has 1 saturated carbocycles. The van der Waals surface area contributed by atoms with E-state index in [4.69, 9.17) is 0 Å². The van der Waals surface area contributed by atoms with E-state index in [0.29, 0.717) is 18.2 Å². The molecular weight excluding hydrogens is 258 g/mol. The van der Waals surface area contributed by atoms with E-state index in [1.54, 1.807) is 0 Å². The zero-order valence-electron chi connectivity index (χ0n) is 14.0. The second-order valence-electron chi connectivity index (χ2n) is 7.91. The van der Waals surface area contributed by atoms with Crippen LogP contribution in [0.4, 0.5) is 0 Å². The van der Waals surface area contributed by atoms with Crippen molar-refractivity contribution in [2.75, 3.05) is 6.61 Å². The van der Waals surface area contributed by atoms with Crippen molar-refractivity contribution in [1.29, 1.82) is 0 Å². The average Bonchev–Trinajstić information content (AvgIpc) is 2.90. The fourth-order valence-corrected chi connectivity index (χ4v) is 5.89. The molecule has 2 heterocycles. The molecule has 2 heteroatoms. The molecule has 3 rings (SSSR count). The molecule has 0 aromatic carbocycles. The van der Waals surface area contributed by atoms with Gasteiger partial charge in [-0.25, -0.2) is 0 Å². The third kappa shape index (κ3) is 2.91. The number of hydrogen-bond acceptors (Lipinski definition) is 2. The van der Waals surface area contributed by atoms with Crippen LogP contribution in [0.3, 0.4) is 0 Å². The Morgan fingerprint density at radius 1 is 0.952 bits per heavy atom. The molecule has 1 unspecified atom stereocenters. The summed E-state index contributed by atoms with van der Waals surface area (Å²) in [5.41, 5.74) is 0.499. The van der Waals surface area contributed by atoms with Gasteiger partial charge in [-0.05, 0) is 50.9 Å². The van der Waals surface area contributed by atoms with E-state index in [2.05, 4.69) is 11.8 Å². The van der Waals surface area contributed by atoms with Crippen molar-refractivity contribution in [3.05, 3.63) is 0 Å². The smallest absolute Gasteiger partial charge is 0.0587 e. The van der Waals surface area contributed by atoms with Gasteiger partial charge in [0.05, 0.1) is 6.61 Å². The number of piperidine rings is 1. The summed E-state index contributed by atoms with van der Waals surface area (Å²) in [6.45, 7) is 2.68. The van der Waals surface area contributed by atoms with Crippen molar-refractivity contribution in [3.63, 3.8) is 0 Å². The topological polar surface area (TPSA) is 23.5 Å². The first-order valence-electron chi connectivity index (χ1n) is 9.71. The van der Waals surface area contributed by atoms with Crippen molar-refractivity contribution in [2.24, 2.45) is 5.92 Å². The van der Waals surface area contributed by atoms with Gasteiger partial charge >= 0.3 is 0 Å². The fraction of sp³-hybridized carbons (Fsp3) is 1.00. The molecular formula is C19H35NO. The van der Waals surface area contributed by atoms with Crippen molar-refractivity contribution < 1.29 is 5.11 Å². The van der Waals surface area contributed by atoms with Crippen LogP contribution >= 0.6 is 0 Å². The second kappa shape index (κ2) is 7.00. The minimum Gasteiger partial charge on any atom is -0.395 e. The molecule has 2 saturated heterocycles. The summed E-state index contributed by atoms with van der Waals surface area (Å²) in [5, 5.41) is 9.88. The predicted octanol–water partition coefficient (Wildman–Crippen LogP) is 4.50. The minimum atomic E-state index is 0.389. The Kier molecular flexibility index (Phi) is 5.27. The fourth-order valence-electron chi connectivity index (χ4n) is 5.89. The SMILES string of the molecule is CCCCCCC1CC[C@@H]2CCCC[C@]23CC[C@@H](CO)N13. The maximum atomic E-state index is 9.88. The van der Waals surface area contributed by atoms with Crippen molar-refractivity contribution in [3.8, 4) is 0 Å². The lowest BCUT2D eigenvalue weighted by Gasteiger charge is -2.56. The monoisotopic (exact) mass is 293 g/mol. The largest absolute Gasteiger partial charge is 0.395 e. The van der Waals surface area contributed by atoms with Crippen LogP contribution in [-0.4, -0.2) is 34.2 Å². The molecule has 2 nitrogen and oxygen atoms in total. The summed E-state index contributed by atoms with van der Waals surface area (Å²) in [7, 11) is 0. The van der Waals surface area contributed by atoms with Crippen LogP contribution in [-0.2, 0) is 0 Å². The number of rotatable bonds is 6. The molecule has 3 aliphatic rings. The Hall–Kier alpha value is -0.0800. The summed E-state index contributed by atoms with van der Waals surface area (Å²) in [6, 6.07) is 1.25. The molecule has 1 aliphatic carbocycles. The third-order valence-corrected chi connectivity index (χ3v) is 6.83. The molecule has 122 valence electrons. The first-order valence-corrected chi connectivity index (χ1v) is 9.71. The molecule has 1 N–H and O–H groups in total. The standard InChI is InChI=1S/C19H35NO/c1-2-3-4-5-9-17-11-10-16-8-6-7-13-19(16)14-12-18(15-21)20(17)19/h16-18,21H,2-15H2,1H3/t16-,17?,18-,19-/m0/s1. The molecule has 3 fully saturated rings. The molecule has 0 radical (unpaired) electrons. The lowest BCUT2D eigenvalue weighted by molar-refractivity contribution is -0.0702. The Labute approximate surface area is 131 Å². The minimum absolute atomic E-state index is 0.389. The van der Waals surface area contributed by atoms with Crippen LogP contribution in [0.2, 0.25) is 0 Å². The van der Waals surface area contributed by atoms with Gasteiger partial charge in [0.15, 0.2) is 0 Å². The molecule has 2 aliphatic heterocycles. The maximum Gasteiger partial charge on any atom is 0.0587 e. The molecule has 0 amide bonds. The number of aliphatic hydroxyl groups excluding tert-OH is 1. The van der Waals surface area contributed by atoms with Crippen molar-refractivity contribution in [2.45, 2.75) is 108 Å². The van der Waals surface area contributed by atoms with Gasteiger partial charge in [0.1, 0.15) is 0 Å². The van der Waals surface area contributed by atoms with Crippen LogP contribution in [0, 0.1) is 5.92 Å². The van der Waals surface area contributed by atoms with Gasteiger partial charge in [0.25, 0.3) is 0 Å². The highest BCUT2D eigenvalue weighted by atomic mass is 16.3. The van der Waals surface area contributed by atoms with Crippen LogP contribution in [0.25, 0.3) is 0 Å². The van der Waals surface area contributed by atoms with E-state index in [0.717, 1.165) is 12.0 Å². The summed E-state index contributed by atoms with van der Waals surface area (Å²) in [4.78, 5) is 2.87. The lowest BCUT2D eigenvalue weighted by Crippen LogP contribution is -2.61. The van der Waals surface area contributed by atoms with Crippen molar-refractivity contribution in [1.82, 2.24) is 4.90 Å². The molecule has 4 atom stereocenters. The quantitative estimate of drug-likeness (QED) is 0.729. The first kappa shape index (κ1) is 15.8. The highest BCUT2D eigenvalue weighted by molar-refractivity contribution is 5.10. The van der Waals surface area contributed by atoms with Gasteiger partial charge in [-0.3, -0.25) is 4.90 Å². The molecule has 0 aromatic heterocycles. The third-order valence-electron chi connectivity index (χ3n) is 6.83. The van der Waals surface area contributed by atoms with Gasteiger partial charge in [0.2, 0.25) is 0 Å². The lowest BCUT2D eigenvalue weighted by atomic mass is 9.66. The van der Waals surface area contributed by atoms with Gasteiger partial charge in [-0.2, -0.15) is 0 Å².